The number of esters is 1. The number of amidine groups is 1. The van der Waals surface area contributed by atoms with Gasteiger partial charge in [-0.25, -0.2) is 4.79 Å². The smallest absolute Gasteiger partial charge is 0.414 e. The van der Waals surface area contributed by atoms with Crippen LogP contribution in [0.1, 0.15) is 49.2 Å². The van der Waals surface area contributed by atoms with E-state index >= 15 is 0 Å². The summed E-state index contributed by atoms with van der Waals surface area (Å²) in [6, 6.07) is 14.4. The quantitative estimate of drug-likeness (QED) is 0.295. The number of hydrogen-bond acceptors (Lipinski definition) is 8. The van der Waals surface area contributed by atoms with Gasteiger partial charge in [0.25, 0.3) is 5.91 Å². The maximum absolute atomic E-state index is 13.0. The van der Waals surface area contributed by atoms with E-state index in [9.17, 15) is 14.4 Å². The number of amides is 2. The Labute approximate surface area is 235 Å². The second-order valence-electron chi connectivity index (χ2n) is 11.2. The Kier molecular flexibility index (Phi) is 9.21. The Balaban J connectivity index is 1.29. The molecule has 2 aromatic carbocycles. The molecule has 1 unspecified atom stereocenters. The van der Waals surface area contributed by atoms with Gasteiger partial charge in [-0.1, -0.05) is 39.0 Å². The molecule has 2 amide bonds. The van der Waals surface area contributed by atoms with E-state index in [1.54, 1.807) is 42.2 Å². The van der Waals surface area contributed by atoms with Crippen LogP contribution < -0.4 is 10.2 Å². The van der Waals surface area contributed by atoms with E-state index in [1.165, 1.54) is 0 Å². The fourth-order valence-corrected chi connectivity index (χ4v) is 5.03. The topological polar surface area (TPSA) is 115 Å². The number of anilines is 1. The number of carbonyl (C=O) groups is 3. The van der Waals surface area contributed by atoms with E-state index < -0.39 is 6.09 Å². The molecule has 2 aromatic rings. The monoisotopic (exact) mass is 549 g/mol. The number of nitrogens with zero attached hydrogens (tertiary/aromatic N) is 3. The first kappa shape index (κ1) is 29.2. The van der Waals surface area contributed by atoms with Crippen molar-refractivity contribution in [2.75, 3.05) is 57.3 Å². The molecule has 2 heterocycles. The molecule has 0 radical (unpaired) electrons. The predicted molar refractivity (Wildman–Crippen MR) is 153 cm³/mol. The number of ether oxygens (including phenoxy) is 2. The van der Waals surface area contributed by atoms with Crippen LogP contribution in [0.15, 0.2) is 48.5 Å². The lowest BCUT2D eigenvalue weighted by atomic mass is 9.83. The number of rotatable bonds is 8. The molecule has 40 heavy (non-hydrogen) atoms. The van der Waals surface area contributed by atoms with Crippen molar-refractivity contribution in [3.63, 3.8) is 0 Å². The second-order valence-corrected chi connectivity index (χ2v) is 11.2. The van der Waals surface area contributed by atoms with E-state index in [1.807, 2.05) is 39.0 Å². The van der Waals surface area contributed by atoms with Crippen molar-refractivity contribution in [2.24, 2.45) is 0 Å². The van der Waals surface area contributed by atoms with Crippen molar-refractivity contribution in [1.29, 1.82) is 5.41 Å². The van der Waals surface area contributed by atoms with Crippen LogP contribution in [-0.2, 0) is 19.7 Å². The molecule has 2 N–H and O–H groups in total. The molecule has 2 fully saturated rings. The fraction of sp³-hybridized carbons (Fsp3) is 0.467. The number of benzene rings is 2. The molecule has 214 valence electrons. The third-order valence-electron chi connectivity index (χ3n) is 7.14. The van der Waals surface area contributed by atoms with E-state index in [2.05, 4.69) is 15.1 Å². The Morgan fingerprint density at radius 3 is 2.33 bits per heavy atom. The summed E-state index contributed by atoms with van der Waals surface area (Å²) in [6.45, 7) is 12.8. The minimum atomic E-state index is -0.402. The first-order valence-corrected chi connectivity index (χ1v) is 13.7. The first-order valence-electron chi connectivity index (χ1n) is 13.7. The molecule has 0 spiro atoms. The zero-order valence-electron chi connectivity index (χ0n) is 23.7. The van der Waals surface area contributed by atoms with Gasteiger partial charge in [-0.3, -0.25) is 29.7 Å². The summed E-state index contributed by atoms with van der Waals surface area (Å²) in [5.41, 5.74) is 2.46. The Morgan fingerprint density at radius 2 is 1.68 bits per heavy atom. The van der Waals surface area contributed by atoms with Gasteiger partial charge in [-0.05, 0) is 48.2 Å². The van der Waals surface area contributed by atoms with Crippen LogP contribution >= 0.6 is 0 Å². The number of carbonyl (C=O) groups excluding carboxylic acids is 3. The van der Waals surface area contributed by atoms with Gasteiger partial charge in [0.1, 0.15) is 11.9 Å². The van der Waals surface area contributed by atoms with Crippen LogP contribution in [0.2, 0.25) is 0 Å². The first-order chi connectivity index (χ1) is 19.0. The SMILES string of the molecule is CCOC(=O)CN1CCN(CC2CN(c3ccc(C(=N)NC(=O)c4ccccc4C(C)(C)C)cc3)C(=O)O2)CC1. The molecule has 10 heteroatoms. The van der Waals surface area contributed by atoms with Gasteiger partial charge >= 0.3 is 12.1 Å². The second kappa shape index (κ2) is 12.6. The van der Waals surface area contributed by atoms with Crippen molar-refractivity contribution in [1.82, 2.24) is 15.1 Å². The average Bonchev–Trinajstić information content (AvgIpc) is 3.29. The number of hydrogen-bond donors (Lipinski definition) is 2. The van der Waals surface area contributed by atoms with Gasteiger partial charge in [0.15, 0.2) is 0 Å². The summed E-state index contributed by atoms with van der Waals surface area (Å²) in [4.78, 5) is 43.2. The average molecular weight is 550 g/mol. The third-order valence-corrected chi connectivity index (χ3v) is 7.14. The van der Waals surface area contributed by atoms with Crippen molar-refractivity contribution in [2.45, 2.75) is 39.2 Å². The van der Waals surface area contributed by atoms with Crippen LogP contribution in [0.5, 0.6) is 0 Å². The van der Waals surface area contributed by atoms with Crippen molar-refractivity contribution in [3.05, 3.63) is 65.2 Å². The van der Waals surface area contributed by atoms with Gasteiger partial charge < -0.3 is 14.8 Å². The lowest BCUT2D eigenvalue weighted by molar-refractivity contribution is -0.144. The molecule has 2 aliphatic rings. The molecule has 10 nitrogen and oxygen atoms in total. The molecule has 0 bridgehead atoms. The number of cyclic esters (lactones) is 1. The van der Waals surface area contributed by atoms with Gasteiger partial charge in [0, 0.05) is 49.5 Å². The van der Waals surface area contributed by atoms with E-state index in [0.29, 0.717) is 43.1 Å². The zero-order valence-corrected chi connectivity index (χ0v) is 23.7. The van der Waals surface area contributed by atoms with Crippen molar-refractivity contribution >= 4 is 29.5 Å². The minimum Gasteiger partial charge on any atom is -0.465 e. The van der Waals surface area contributed by atoms with Crippen molar-refractivity contribution in [3.8, 4) is 0 Å². The molecule has 0 aliphatic carbocycles. The standard InChI is InChI=1S/C30H39N5O5/c1-5-39-26(36)20-34-16-14-33(15-17-34)18-23-19-35(29(38)40-23)22-12-10-21(11-13-22)27(31)32-28(37)24-8-6-7-9-25(24)30(2,3)4/h6-13,23H,5,14-20H2,1-4H3,(H2,31,32,37). The van der Waals surface area contributed by atoms with Gasteiger partial charge in [0.05, 0.1) is 19.7 Å². The normalized spacial score (nSPS) is 18.4. The molecule has 2 saturated heterocycles. The van der Waals surface area contributed by atoms with Crippen LogP contribution in [0, 0.1) is 5.41 Å². The third kappa shape index (κ3) is 7.25. The highest BCUT2D eigenvalue weighted by Crippen LogP contribution is 2.26. The molecule has 1 atom stereocenters. The summed E-state index contributed by atoms with van der Waals surface area (Å²) >= 11 is 0. The molecule has 0 saturated carbocycles. The Bertz CT molecular complexity index is 1230. The predicted octanol–water partition coefficient (Wildman–Crippen LogP) is 3.25. The highest BCUT2D eigenvalue weighted by molar-refractivity contribution is 6.12. The maximum Gasteiger partial charge on any atom is 0.414 e. The molecular weight excluding hydrogens is 510 g/mol. The Morgan fingerprint density at radius 1 is 1.02 bits per heavy atom. The van der Waals surface area contributed by atoms with Crippen LogP contribution in [0.3, 0.4) is 0 Å². The van der Waals surface area contributed by atoms with Crippen molar-refractivity contribution < 1.29 is 23.9 Å². The van der Waals surface area contributed by atoms with E-state index in [4.69, 9.17) is 14.9 Å². The van der Waals surface area contributed by atoms with Gasteiger partial charge in [-0.2, -0.15) is 0 Å². The highest BCUT2D eigenvalue weighted by Gasteiger charge is 2.34. The molecular formula is C30H39N5O5. The van der Waals surface area contributed by atoms with Crippen LogP contribution in [0.25, 0.3) is 0 Å². The van der Waals surface area contributed by atoms with E-state index in [0.717, 1.165) is 31.7 Å². The maximum atomic E-state index is 13.0. The lowest BCUT2D eigenvalue weighted by Crippen LogP contribution is -2.50. The summed E-state index contributed by atoms with van der Waals surface area (Å²) in [6.07, 6.45) is -0.662. The van der Waals surface area contributed by atoms with Crippen LogP contribution in [0.4, 0.5) is 10.5 Å². The highest BCUT2D eigenvalue weighted by atomic mass is 16.6. The minimum absolute atomic E-state index is 0.00997. The largest absolute Gasteiger partial charge is 0.465 e. The van der Waals surface area contributed by atoms with Crippen LogP contribution in [-0.4, -0.2) is 92.1 Å². The Hall–Kier alpha value is -3.76. The van der Waals surface area contributed by atoms with E-state index in [-0.39, 0.29) is 29.2 Å². The summed E-state index contributed by atoms with van der Waals surface area (Å²) in [5, 5.41) is 11.1. The molecule has 2 aliphatic heterocycles. The fourth-order valence-electron chi connectivity index (χ4n) is 5.03. The molecule has 0 aromatic heterocycles. The zero-order chi connectivity index (χ0) is 28.9. The lowest BCUT2D eigenvalue weighted by Gasteiger charge is -2.34. The molecule has 4 rings (SSSR count). The summed E-state index contributed by atoms with van der Waals surface area (Å²) in [7, 11) is 0. The summed E-state index contributed by atoms with van der Waals surface area (Å²) < 4.78 is 10.7. The number of piperazine rings is 1. The van der Waals surface area contributed by atoms with Gasteiger partial charge in [0.2, 0.25) is 0 Å². The summed E-state index contributed by atoms with van der Waals surface area (Å²) in [5.74, 6) is -0.540. The van der Waals surface area contributed by atoms with Gasteiger partial charge in [-0.15, -0.1) is 0 Å². The number of nitrogens with one attached hydrogen (secondary N) is 2.